The van der Waals surface area contributed by atoms with E-state index in [-0.39, 0.29) is 10.9 Å². The van der Waals surface area contributed by atoms with Gasteiger partial charge in [-0.25, -0.2) is 0 Å². The van der Waals surface area contributed by atoms with E-state index in [1.165, 1.54) is 32.9 Å². The summed E-state index contributed by atoms with van der Waals surface area (Å²) in [6.45, 7) is 22.5. The van der Waals surface area contributed by atoms with Crippen LogP contribution in [0, 0.1) is 33.6 Å². The molecule has 0 aromatic heterocycles. The highest BCUT2D eigenvalue weighted by atomic mass is 32.2. The van der Waals surface area contributed by atoms with Crippen molar-refractivity contribution in [2.45, 2.75) is 85.3 Å². The number of thioether (sulfide) groups is 1. The molecule has 160 valence electrons. The van der Waals surface area contributed by atoms with Gasteiger partial charge in [0.25, 0.3) is 0 Å². The van der Waals surface area contributed by atoms with E-state index in [2.05, 4.69) is 106 Å². The highest BCUT2D eigenvalue weighted by Crippen LogP contribution is 2.43. The van der Waals surface area contributed by atoms with Crippen molar-refractivity contribution in [3.63, 3.8) is 0 Å². The lowest BCUT2D eigenvalue weighted by molar-refractivity contribution is 0.227. The Balaban J connectivity index is 2.46. The third-order valence-electron chi connectivity index (χ3n) is 4.76. The predicted octanol–water partition coefficient (Wildman–Crippen LogP) is 7.23. The molecule has 0 heterocycles. The summed E-state index contributed by atoms with van der Waals surface area (Å²) >= 11 is 2.05. The summed E-state index contributed by atoms with van der Waals surface area (Å²) in [4.78, 5) is 0. The summed E-state index contributed by atoms with van der Waals surface area (Å²) in [5, 5.41) is 3.09. The van der Waals surface area contributed by atoms with Gasteiger partial charge in [0.2, 0.25) is 0 Å². The van der Waals surface area contributed by atoms with E-state index in [0.717, 1.165) is 0 Å². The number of hydrogen-bond acceptors (Lipinski definition) is 2. The van der Waals surface area contributed by atoms with Crippen LogP contribution in [0.3, 0.4) is 0 Å². The van der Waals surface area contributed by atoms with Crippen molar-refractivity contribution in [1.82, 2.24) is 0 Å². The van der Waals surface area contributed by atoms with Crippen LogP contribution >= 0.6 is 19.9 Å². The molecule has 3 heteroatoms. The Morgan fingerprint density at radius 1 is 0.724 bits per heavy atom. The first-order valence-electron chi connectivity index (χ1n) is 10.7. The van der Waals surface area contributed by atoms with Crippen LogP contribution in [0.1, 0.15) is 63.8 Å². The summed E-state index contributed by atoms with van der Waals surface area (Å²) in [6, 6.07) is 13.7. The largest absolute Gasteiger partial charge is 0.346 e. The van der Waals surface area contributed by atoms with E-state index in [0.29, 0.717) is 11.2 Å². The number of hydrogen-bond donors (Lipinski definition) is 0. The van der Waals surface area contributed by atoms with E-state index < -0.39 is 8.15 Å². The molecule has 0 saturated carbocycles. The van der Waals surface area contributed by atoms with Crippen molar-refractivity contribution >= 4 is 30.5 Å². The fraction of sp³-hybridized carbons (Fsp3) is 0.538. The average Bonchev–Trinajstić information content (AvgIpc) is 2.54. The van der Waals surface area contributed by atoms with Crippen molar-refractivity contribution < 1.29 is 4.52 Å². The summed E-state index contributed by atoms with van der Waals surface area (Å²) in [7, 11) is -0.867. The van der Waals surface area contributed by atoms with Crippen LogP contribution in [-0.2, 0) is 4.52 Å². The molecule has 1 nitrogen and oxygen atoms in total. The minimum atomic E-state index is -0.867. The molecule has 0 bridgehead atoms. The Morgan fingerprint density at radius 3 is 1.41 bits per heavy atom. The van der Waals surface area contributed by atoms with Gasteiger partial charge in [-0.1, -0.05) is 69.0 Å². The van der Waals surface area contributed by atoms with E-state index >= 15 is 0 Å². The minimum Gasteiger partial charge on any atom is -0.346 e. The minimum absolute atomic E-state index is 0.173. The summed E-state index contributed by atoms with van der Waals surface area (Å²) in [5.41, 5.74) is 5.21. The van der Waals surface area contributed by atoms with Gasteiger partial charge in [-0.05, 0) is 64.8 Å². The van der Waals surface area contributed by atoms with Gasteiger partial charge >= 0.3 is 0 Å². The fourth-order valence-electron chi connectivity index (χ4n) is 3.82. The zero-order chi connectivity index (χ0) is 21.9. The van der Waals surface area contributed by atoms with Crippen molar-refractivity contribution in [2.24, 2.45) is 5.92 Å². The monoisotopic (exact) mass is 430 g/mol. The Hall–Kier alpha value is -0.820. The van der Waals surface area contributed by atoms with Crippen LogP contribution in [0.25, 0.3) is 0 Å². The van der Waals surface area contributed by atoms with Crippen LogP contribution in [0.4, 0.5) is 0 Å². The molecule has 0 radical (unpaired) electrons. The molecule has 0 unspecified atom stereocenters. The summed E-state index contributed by atoms with van der Waals surface area (Å²) in [5.74, 6) is 0.560. The predicted molar refractivity (Wildman–Crippen MR) is 135 cm³/mol. The third-order valence-corrected chi connectivity index (χ3v) is 8.67. The third kappa shape index (κ3) is 7.42. The van der Waals surface area contributed by atoms with Gasteiger partial charge in [0.05, 0.1) is 14.3 Å². The van der Waals surface area contributed by atoms with Crippen molar-refractivity contribution in [2.75, 3.05) is 0 Å². The smallest absolute Gasteiger partial charge is 0.0922 e. The molecule has 2 rings (SSSR count). The molecule has 0 aliphatic heterocycles. The molecule has 0 N–H and O–H groups in total. The standard InChI is InChI=1S/C26H39OPS/c1-17(2)25(29-26(8,9)10)22(7)27-28(23-13-18(3)11-19(4)14-23)24-15-20(5)12-21(6)16-24/h11-17,22,25H,1-10H3/t22-,25-/m1/s1. The van der Waals surface area contributed by atoms with Crippen LogP contribution in [0.15, 0.2) is 36.4 Å². The second kappa shape index (κ2) is 9.99. The highest BCUT2D eigenvalue weighted by molar-refractivity contribution is 8.01. The molecule has 0 amide bonds. The van der Waals surface area contributed by atoms with Crippen molar-refractivity contribution in [3.05, 3.63) is 58.7 Å². The topological polar surface area (TPSA) is 9.23 Å². The second-order valence-corrected chi connectivity index (χ2v) is 13.6. The first-order valence-corrected chi connectivity index (χ1v) is 12.8. The lowest BCUT2D eigenvalue weighted by Crippen LogP contribution is -2.33. The van der Waals surface area contributed by atoms with Crippen LogP contribution in [-0.4, -0.2) is 16.1 Å². The van der Waals surface area contributed by atoms with Crippen LogP contribution in [0.5, 0.6) is 0 Å². The Labute approximate surface area is 184 Å². The quantitative estimate of drug-likeness (QED) is 0.429. The van der Waals surface area contributed by atoms with E-state index in [4.69, 9.17) is 4.52 Å². The SMILES string of the molecule is Cc1cc(C)cc(P(O[C@H](C)[C@H](SC(C)(C)C)C(C)C)c2cc(C)cc(C)c2)c1. The van der Waals surface area contributed by atoms with E-state index in [1.54, 1.807) is 0 Å². The molecule has 0 aliphatic carbocycles. The molecule has 0 aliphatic rings. The van der Waals surface area contributed by atoms with Crippen LogP contribution < -0.4 is 10.6 Å². The van der Waals surface area contributed by atoms with Gasteiger partial charge in [-0.15, -0.1) is 11.8 Å². The molecule has 2 aromatic rings. The second-order valence-electron chi connectivity index (χ2n) is 9.74. The van der Waals surface area contributed by atoms with Gasteiger partial charge < -0.3 is 4.52 Å². The summed E-state index contributed by atoms with van der Waals surface area (Å²) in [6.07, 6.45) is 0.173. The van der Waals surface area contributed by atoms with Gasteiger partial charge in [-0.3, -0.25) is 0 Å². The van der Waals surface area contributed by atoms with Gasteiger partial charge in [0, 0.05) is 20.6 Å². The molecule has 0 spiro atoms. The molecule has 0 saturated heterocycles. The Morgan fingerprint density at radius 2 is 1.10 bits per heavy atom. The van der Waals surface area contributed by atoms with E-state index in [1.807, 2.05) is 11.8 Å². The molecular weight excluding hydrogens is 391 g/mol. The van der Waals surface area contributed by atoms with Crippen molar-refractivity contribution in [3.8, 4) is 0 Å². The van der Waals surface area contributed by atoms with Crippen molar-refractivity contribution in [1.29, 1.82) is 0 Å². The van der Waals surface area contributed by atoms with Gasteiger partial charge in [0.1, 0.15) is 0 Å². The lowest BCUT2D eigenvalue weighted by atomic mass is 10.1. The molecule has 0 fully saturated rings. The molecule has 2 atom stereocenters. The van der Waals surface area contributed by atoms with Crippen LogP contribution in [0.2, 0.25) is 0 Å². The highest BCUT2D eigenvalue weighted by Gasteiger charge is 2.30. The number of rotatable bonds is 7. The first-order chi connectivity index (χ1) is 13.4. The summed E-state index contributed by atoms with van der Waals surface area (Å²) < 4.78 is 7.17. The zero-order valence-electron chi connectivity index (χ0n) is 20.0. The van der Waals surface area contributed by atoms with Gasteiger partial charge in [0.15, 0.2) is 0 Å². The Kier molecular flexibility index (Phi) is 8.42. The lowest BCUT2D eigenvalue weighted by Gasteiger charge is -2.35. The average molecular weight is 431 g/mol. The normalized spacial score (nSPS) is 14.5. The maximum Gasteiger partial charge on any atom is 0.0922 e. The maximum atomic E-state index is 6.96. The van der Waals surface area contributed by atoms with E-state index in [9.17, 15) is 0 Å². The molecular formula is C26H39OPS. The molecule has 29 heavy (non-hydrogen) atoms. The molecule has 2 aromatic carbocycles. The first kappa shape index (κ1) is 24.4. The number of aryl methyl sites for hydroxylation is 4. The number of benzene rings is 2. The zero-order valence-corrected chi connectivity index (χ0v) is 21.7. The maximum absolute atomic E-state index is 6.96. The fourth-order valence-corrected chi connectivity index (χ4v) is 7.52. The Bertz CT molecular complexity index is 730. The van der Waals surface area contributed by atoms with Gasteiger partial charge in [-0.2, -0.15) is 0 Å².